The van der Waals surface area contributed by atoms with Crippen molar-refractivity contribution in [2.45, 2.75) is 18.4 Å². The molecule has 0 unspecified atom stereocenters. The van der Waals surface area contributed by atoms with Gasteiger partial charge in [-0.1, -0.05) is 71.9 Å². The van der Waals surface area contributed by atoms with Gasteiger partial charge in [0, 0.05) is 42.3 Å². The van der Waals surface area contributed by atoms with E-state index >= 15 is 0 Å². The highest BCUT2D eigenvalue weighted by Crippen LogP contribution is 2.43. The first-order chi connectivity index (χ1) is 19.9. The number of carbonyl (C=O) groups excluding carboxylic acids is 2. The molecule has 1 saturated heterocycles. The maximum atomic E-state index is 13.9. The quantitative estimate of drug-likeness (QED) is 0.251. The zero-order valence-corrected chi connectivity index (χ0v) is 23.6. The van der Waals surface area contributed by atoms with Crippen LogP contribution in [0.1, 0.15) is 27.0 Å². The van der Waals surface area contributed by atoms with Crippen LogP contribution in [-0.2, 0) is 11.3 Å². The summed E-state index contributed by atoms with van der Waals surface area (Å²) in [5.74, 6) is -0.388. The summed E-state index contributed by atoms with van der Waals surface area (Å²) >= 11 is 1.44. The Kier molecular flexibility index (Phi) is 7.61. The minimum atomic E-state index is -0.259. The molecule has 5 nitrogen and oxygen atoms in total. The average molecular weight is 564 g/mol. The Bertz CT molecular complexity index is 1610. The molecule has 0 atom stereocenters. The standard InChI is InChI=1S/C34H30FN3O2S/c1-24-6-5-9-26(20-24)23-38-30-22-27(10-15-31(30)41-32(34(38)40)21-25-7-3-2-4-8-25)33(39)37-18-16-36(17-19-37)29-13-11-28(35)12-14-29/h2-15,20-22H,16-19,23H2,1H3. The van der Waals surface area contributed by atoms with Crippen molar-refractivity contribution in [1.82, 2.24) is 4.90 Å². The number of carbonyl (C=O) groups is 2. The fourth-order valence-electron chi connectivity index (χ4n) is 5.30. The molecular weight excluding hydrogens is 533 g/mol. The molecule has 2 aliphatic rings. The summed E-state index contributed by atoms with van der Waals surface area (Å²) in [6.45, 7) is 4.93. The molecule has 7 heteroatoms. The molecule has 0 N–H and O–H groups in total. The topological polar surface area (TPSA) is 43.9 Å². The van der Waals surface area contributed by atoms with Crippen molar-refractivity contribution in [3.8, 4) is 0 Å². The second-order valence-electron chi connectivity index (χ2n) is 10.3. The van der Waals surface area contributed by atoms with Crippen LogP contribution in [0.25, 0.3) is 6.08 Å². The van der Waals surface area contributed by atoms with E-state index in [1.54, 1.807) is 17.0 Å². The van der Waals surface area contributed by atoms with Gasteiger partial charge in [0.2, 0.25) is 0 Å². The lowest BCUT2D eigenvalue weighted by Crippen LogP contribution is -2.48. The van der Waals surface area contributed by atoms with E-state index in [-0.39, 0.29) is 17.6 Å². The maximum Gasteiger partial charge on any atom is 0.265 e. The molecular formula is C34H30FN3O2S. The van der Waals surface area contributed by atoms with E-state index in [1.807, 2.05) is 84.6 Å². The predicted molar refractivity (Wildman–Crippen MR) is 164 cm³/mol. The van der Waals surface area contributed by atoms with Crippen LogP contribution in [0, 0.1) is 12.7 Å². The molecule has 2 heterocycles. The lowest BCUT2D eigenvalue weighted by atomic mass is 10.1. The number of hydrogen-bond acceptors (Lipinski definition) is 4. The largest absolute Gasteiger partial charge is 0.368 e. The monoisotopic (exact) mass is 563 g/mol. The number of halogens is 1. The molecule has 2 amide bonds. The SMILES string of the molecule is Cc1cccc(CN2C(=O)C(=Cc3ccccc3)Sc3ccc(C(=O)N4CCN(c5ccc(F)cc5)CC4)cc32)c1. The molecule has 0 aromatic heterocycles. The van der Waals surface area contributed by atoms with Gasteiger partial charge in [-0.2, -0.15) is 0 Å². The van der Waals surface area contributed by atoms with E-state index in [9.17, 15) is 14.0 Å². The van der Waals surface area contributed by atoms with Gasteiger partial charge in [-0.05, 0) is 66.6 Å². The maximum absolute atomic E-state index is 13.9. The van der Waals surface area contributed by atoms with Gasteiger partial charge in [0.25, 0.3) is 11.8 Å². The minimum absolute atomic E-state index is 0.0508. The lowest BCUT2D eigenvalue weighted by molar-refractivity contribution is -0.114. The summed E-state index contributed by atoms with van der Waals surface area (Å²) in [7, 11) is 0. The van der Waals surface area contributed by atoms with Crippen molar-refractivity contribution >= 4 is 41.0 Å². The molecule has 2 aliphatic heterocycles. The number of aryl methyl sites for hydroxylation is 1. The van der Waals surface area contributed by atoms with Crippen LogP contribution < -0.4 is 9.80 Å². The number of hydrogen-bond donors (Lipinski definition) is 0. The molecule has 4 aromatic rings. The van der Waals surface area contributed by atoms with Crippen LogP contribution in [0.5, 0.6) is 0 Å². The molecule has 0 spiro atoms. The second-order valence-corrected chi connectivity index (χ2v) is 11.4. The van der Waals surface area contributed by atoms with Crippen LogP contribution >= 0.6 is 11.8 Å². The summed E-state index contributed by atoms with van der Waals surface area (Å²) in [4.78, 5) is 34.9. The highest BCUT2D eigenvalue weighted by molar-refractivity contribution is 8.04. The number of benzene rings is 4. The average Bonchev–Trinajstić information content (AvgIpc) is 3.00. The van der Waals surface area contributed by atoms with Crippen LogP contribution in [-0.4, -0.2) is 42.9 Å². The van der Waals surface area contributed by atoms with Crippen LogP contribution in [0.2, 0.25) is 0 Å². The van der Waals surface area contributed by atoms with Gasteiger partial charge in [0.1, 0.15) is 5.82 Å². The highest BCUT2D eigenvalue weighted by Gasteiger charge is 2.31. The zero-order valence-electron chi connectivity index (χ0n) is 22.8. The smallest absolute Gasteiger partial charge is 0.265 e. The van der Waals surface area contributed by atoms with E-state index in [0.29, 0.717) is 43.2 Å². The minimum Gasteiger partial charge on any atom is -0.368 e. The summed E-state index contributed by atoms with van der Waals surface area (Å²) < 4.78 is 13.3. The number of nitrogens with zero attached hydrogens (tertiary/aromatic N) is 3. The van der Waals surface area contributed by atoms with Crippen LogP contribution in [0.15, 0.2) is 107 Å². The third kappa shape index (κ3) is 5.91. The Hall–Kier alpha value is -4.36. The van der Waals surface area contributed by atoms with Gasteiger partial charge in [0.05, 0.1) is 17.1 Å². The fraction of sp³-hybridized carbons (Fsp3) is 0.176. The number of rotatable bonds is 5. The van der Waals surface area contributed by atoms with E-state index in [1.165, 1.54) is 23.9 Å². The molecule has 6 rings (SSSR count). The Balaban J connectivity index is 1.27. The summed E-state index contributed by atoms with van der Waals surface area (Å²) in [5.41, 5.74) is 5.40. The Labute approximate surface area is 243 Å². The Morgan fingerprint density at radius 1 is 0.878 bits per heavy atom. The lowest BCUT2D eigenvalue weighted by Gasteiger charge is -2.36. The predicted octanol–water partition coefficient (Wildman–Crippen LogP) is 6.78. The van der Waals surface area contributed by atoms with Crippen molar-refractivity contribution in [1.29, 1.82) is 0 Å². The van der Waals surface area contributed by atoms with Gasteiger partial charge in [-0.25, -0.2) is 4.39 Å². The molecule has 0 aliphatic carbocycles. The fourth-order valence-corrected chi connectivity index (χ4v) is 6.34. The molecule has 206 valence electrons. The molecule has 0 bridgehead atoms. The third-order valence-electron chi connectivity index (χ3n) is 7.45. The molecule has 41 heavy (non-hydrogen) atoms. The summed E-state index contributed by atoms with van der Waals surface area (Å²) in [6, 6.07) is 30.1. The van der Waals surface area contributed by atoms with Gasteiger partial charge in [-0.15, -0.1) is 0 Å². The van der Waals surface area contributed by atoms with Crippen LogP contribution in [0.3, 0.4) is 0 Å². The van der Waals surface area contributed by atoms with E-state index in [2.05, 4.69) is 11.0 Å². The Morgan fingerprint density at radius 2 is 1.63 bits per heavy atom. The number of thioether (sulfide) groups is 1. The van der Waals surface area contributed by atoms with Gasteiger partial charge in [-0.3, -0.25) is 9.59 Å². The van der Waals surface area contributed by atoms with E-state index in [0.717, 1.165) is 33.0 Å². The number of anilines is 2. The van der Waals surface area contributed by atoms with E-state index in [4.69, 9.17) is 0 Å². The summed E-state index contributed by atoms with van der Waals surface area (Å²) in [5, 5.41) is 0. The van der Waals surface area contributed by atoms with Crippen molar-refractivity contribution in [3.63, 3.8) is 0 Å². The molecule has 1 fully saturated rings. The van der Waals surface area contributed by atoms with E-state index < -0.39 is 0 Å². The van der Waals surface area contributed by atoms with Gasteiger partial charge >= 0.3 is 0 Å². The first kappa shape index (κ1) is 26.8. The first-order valence-electron chi connectivity index (χ1n) is 13.7. The number of amides is 2. The third-order valence-corrected chi connectivity index (χ3v) is 8.53. The molecule has 0 radical (unpaired) electrons. The Morgan fingerprint density at radius 3 is 2.37 bits per heavy atom. The second kappa shape index (κ2) is 11.6. The number of fused-ring (bicyclic) bond motifs is 1. The molecule has 4 aromatic carbocycles. The van der Waals surface area contributed by atoms with Gasteiger partial charge in [0.15, 0.2) is 0 Å². The van der Waals surface area contributed by atoms with Gasteiger partial charge < -0.3 is 14.7 Å². The molecule has 0 saturated carbocycles. The van der Waals surface area contributed by atoms with Crippen molar-refractivity contribution < 1.29 is 14.0 Å². The van der Waals surface area contributed by atoms with Crippen molar-refractivity contribution in [2.24, 2.45) is 0 Å². The zero-order chi connectivity index (χ0) is 28.3. The first-order valence-corrected chi connectivity index (χ1v) is 14.5. The normalized spacial score (nSPS) is 16.2. The number of piperazine rings is 1. The van der Waals surface area contributed by atoms with Crippen molar-refractivity contribution in [2.75, 3.05) is 36.0 Å². The van der Waals surface area contributed by atoms with Crippen molar-refractivity contribution in [3.05, 3.63) is 130 Å². The van der Waals surface area contributed by atoms with Crippen LogP contribution in [0.4, 0.5) is 15.8 Å². The highest BCUT2D eigenvalue weighted by atomic mass is 32.2. The summed E-state index contributed by atoms with van der Waals surface area (Å²) in [6.07, 6.45) is 1.93.